The Kier molecular flexibility index (Phi) is 4.88. The van der Waals surface area contributed by atoms with E-state index in [1.54, 1.807) is 12.5 Å². The number of hydrogen-bond donors (Lipinski definition) is 0. The topological polar surface area (TPSA) is 41.7 Å². The molecule has 5 heteroatoms. The van der Waals surface area contributed by atoms with E-state index in [9.17, 15) is 0 Å². The maximum atomic E-state index is 5.98. The zero-order chi connectivity index (χ0) is 17.1. The minimum atomic E-state index is 0.327. The number of hydrogen-bond acceptors (Lipinski definition) is 5. The van der Waals surface area contributed by atoms with Crippen LogP contribution in [-0.2, 0) is 17.9 Å². The fourth-order valence-corrected chi connectivity index (χ4v) is 4.27. The Balaban J connectivity index is 1.26. The second-order valence-corrected chi connectivity index (χ2v) is 7.61. The van der Waals surface area contributed by atoms with Crippen molar-refractivity contribution in [3.63, 3.8) is 0 Å². The van der Waals surface area contributed by atoms with E-state index in [0.29, 0.717) is 18.1 Å². The quantitative estimate of drug-likeness (QED) is 0.808. The number of ether oxygens (including phenoxy) is 1. The van der Waals surface area contributed by atoms with Crippen molar-refractivity contribution >= 4 is 0 Å². The molecular formula is C20H27N3O2. The average molecular weight is 341 g/mol. The lowest BCUT2D eigenvalue weighted by Crippen LogP contribution is -2.71. The molecule has 2 aromatic heterocycles. The van der Waals surface area contributed by atoms with Crippen LogP contribution in [0.1, 0.15) is 24.2 Å². The first kappa shape index (κ1) is 16.8. The van der Waals surface area contributed by atoms with Crippen LogP contribution in [0.4, 0.5) is 0 Å². The number of furan rings is 1. The molecule has 2 aliphatic heterocycles. The van der Waals surface area contributed by atoms with Crippen molar-refractivity contribution in [3.8, 4) is 0 Å². The minimum Gasteiger partial charge on any atom is -0.468 e. The molecule has 4 rings (SSSR count). The summed E-state index contributed by atoms with van der Waals surface area (Å²) in [6, 6.07) is 8.06. The first-order chi connectivity index (χ1) is 12.2. The molecule has 0 bridgehead atoms. The molecule has 5 nitrogen and oxygen atoms in total. The summed E-state index contributed by atoms with van der Waals surface area (Å²) < 4.78 is 11.5. The summed E-state index contributed by atoms with van der Waals surface area (Å²) in [5.74, 6) is 1.71. The van der Waals surface area contributed by atoms with Crippen molar-refractivity contribution in [1.82, 2.24) is 14.8 Å². The second kappa shape index (κ2) is 7.28. The van der Waals surface area contributed by atoms with E-state index in [0.717, 1.165) is 44.1 Å². The van der Waals surface area contributed by atoms with Crippen LogP contribution in [0.3, 0.4) is 0 Å². The third-order valence-corrected chi connectivity index (χ3v) is 5.69. The van der Waals surface area contributed by atoms with Gasteiger partial charge in [0.05, 0.1) is 19.4 Å². The summed E-state index contributed by atoms with van der Waals surface area (Å²) in [5.41, 5.74) is 1.48. The largest absolute Gasteiger partial charge is 0.468 e. The molecule has 2 aliphatic rings. The molecule has 0 saturated carbocycles. The van der Waals surface area contributed by atoms with Crippen LogP contribution in [0, 0.1) is 5.92 Å². The van der Waals surface area contributed by atoms with E-state index in [1.807, 2.05) is 18.3 Å². The summed E-state index contributed by atoms with van der Waals surface area (Å²) in [4.78, 5) is 9.18. The number of likely N-dealkylation sites (N-methyl/N-ethyl adjacent to an activating group) is 1. The Morgan fingerprint density at radius 3 is 3.00 bits per heavy atom. The van der Waals surface area contributed by atoms with Crippen LogP contribution in [0.5, 0.6) is 0 Å². The zero-order valence-electron chi connectivity index (χ0n) is 14.9. The van der Waals surface area contributed by atoms with Gasteiger partial charge < -0.3 is 9.15 Å². The summed E-state index contributed by atoms with van der Waals surface area (Å²) in [6.07, 6.45) is 7.89. The molecule has 0 N–H and O–H groups in total. The molecular weight excluding hydrogens is 314 g/mol. The molecule has 4 heterocycles. The van der Waals surface area contributed by atoms with Crippen LogP contribution >= 0.6 is 0 Å². The minimum absolute atomic E-state index is 0.327. The van der Waals surface area contributed by atoms with Gasteiger partial charge in [-0.2, -0.15) is 0 Å². The normalized spacial score (nSPS) is 23.6. The highest BCUT2D eigenvalue weighted by Gasteiger charge is 2.49. The van der Waals surface area contributed by atoms with Crippen molar-refractivity contribution < 1.29 is 9.15 Å². The Hall–Kier alpha value is -1.69. The first-order valence-corrected chi connectivity index (χ1v) is 9.16. The Bertz CT molecular complexity index is 653. The van der Waals surface area contributed by atoms with E-state index in [2.05, 4.69) is 34.0 Å². The number of aromatic nitrogens is 1. The lowest BCUT2D eigenvalue weighted by atomic mass is 9.75. The lowest BCUT2D eigenvalue weighted by molar-refractivity contribution is -0.0951. The number of pyridine rings is 1. The molecule has 2 fully saturated rings. The Morgan fingerprint density at radius 1 is 1.32 bits per heavy atom. The monoisotopic (exact) mass is 341 g/mol. The smallest absolute Gasteiger partial charge is 0.117 e. The van der Waals surface area contributed by atoms with Crippen molar-refractivity contribution in [2.45, 2.75) is 31.5 Å². The fourth-order valence-electron chi connectivity index (χ4n) is 4.27. The van der Waals surface area contributed by atoms with Gasteiger partial charge in [-0.05, 0) is 56.1 Å². The molecule has 0 amide bonds. The molecule has 25 heavy (non-hydrogen) atoms. The highest BCUT2D eigenvalue weighted by atomic mass is 16.5. The van der Waals surface area contributed by atoms with E-state index in [-0.39, 0.29) is 0 Å². The first-order valence-electron chi connectivity index (χ1n) is 9.16. The third-order valence-electron chi connectivity index (χ3n) is 5.69. The molecule has 0 aliphatic carbocycles. The van der Waals surface area contributed by atoms with E-state index < -0.39 is 0 Å². The van der Waals surface area contributed by atoms with E-state index in [1.165, 1.54) is 12.8 Å². The third kappa shape index (κ3) is 3.78. The SMILES string of the molecule is CN1CC[C@@H](COCc2cccnc2)CC12CN(Cc1ccco1)C2. The van der Waals surface area contributed by atoms with Crippen LogP contribution in [-0.4, -0.2) is 53.6 Å². The van der Waals surface area contributed by atoms with Gasteiger partial charge in [0.15, 0.2) is 0 Å². The van der Waals surface area contributed by atoms with Crippen LogP contribution < -0.4 is 0 Å². The number of nitrogens with zero attached hydrogens (tertiary/aromatic N) is 3. The standard InChI is InChI=1S/C20H27N3O2/c1-22-8-6-17(13-24-14-18-4-2-7-21-11-18)10-20(22)15-23(16-20)12-19-5-3-9-25-19/h2-5,7,9,11,17H,6,8,10,12-16H2,1H3/t17-/m1/s1. The maximum Gasteiger partial charge on any atom is 0.117 e. The molecule has 1 atom stereocenters. The number of rotatable bonds is 6. The molecule has 2 saturated heterocycles. The highest BCUT2D eigenvalue weighted by molar-refractivity contribution is 5.09. The van der Waals surface area contributed by atoms with Gasteiger partial charge in [-0.3, -0.25) is 14.8 Å². The number of likely N-dealkylation sites (tertiary alicyclic amines) is 2. The van der Waals surface area contributed by atoms with Gasteiger partial charge in [0.1, 0.15) is 5.76 Å². The lowest BCUT2D eigenvalue weighted by Gasteiger charge is -2.58. The summed E-state index contributed by atoms with van der Waals surface area (Å²) >= 11 is 0. The van der Waals surface area contributed by atoms with Crippen molar-refractivity contribution in [2.24, 2.45) is 5.92 Å². The highest BCUT2D eigenvalue weighted by Crippen LogP contribution is 2.39. The predicted molar refractivity (Wildman–Crippen MR) is 96.0 cm³/mol. The second-order valence-electron chi connectivity index (χ2n) is 7.61. The molecule has 2 aromatic rings. The predicted octanol–water partition coefficient (Wildman–Crippen LogP) is 2.79. The number of piperidine rings is 1. The maximum absolute atomic E-state index is 5.98. The fraction of sp³-hybridized carbons (Fsp3) is 0.550. The molecule has 134 valence electrons. The van der Waals surface area contributed by atoms with Gasteiger partial charge in [-0.1, -0.05) is 6.07 Å². The Labute approximate surface area is 149 Å². The van der Waals surface area contributed by atoms with Crippen LogP contribution in [0.15, 0.2) is 47.3 Å². The average Bonchev–Trinajstić information content (AvgIpc) is 3.10. The molecule has 1 spiro atoms. The van der Waals surface area contributed by atoms with Gasteiger partial charge in [0, 0.05) is 37.6 Å². The summed E-state index contributed by atoms with van der Waals surface area (Å²) in [7, 11) is 2.27. The van der Waals surface area contributed by atoms with Crippen molar-refractivity contribution in [1.29, 1.82) is 0 Å². The van der Waals surface area contributed by atoms with Gasteiger partial charge in [0.25, 0.3) is 0 Å². The van der Waals surface area contributed by atoms with E-state index >= 15 is 0 Å². The Morgan fingerprint density at radius 2 is 2.24 bits per heavy atom. The van der Waals surface area contributed by atoms with Crippen LogP contribution in [0.2, 0.25) is 0 Å². The van der Waals surface area contributed by atoms with Gasteiger partial charge >= 0.3 is 0 Å². The van der Waals surface area contributed by atoms with E-state index in [4.69, 9.17) is 9.15 Å². The summed E-state index contributed by atoms with van der Waals surface area (Å²) in [5, 5.41) is 0. The molecule has 0 radical (unpaired) electrons. The summed E-state index contributed by atoms with van der Waals surface area (Å²) in [6.45, 7) is 5.85. The van der Waals surface area contributed by atoms with Crippen molar-refractivity contribution in [3.05, 3.63) is 54.2 Å². The van der Waals surface area contributed by atoms with Crippen LogP contribution in [0.25, 0.3) is 0 Å². The molecule has 0 unspecified atom stereocenters. The van der Waals surface area contributed by atoms with Gasteiger partial charge in [0.2, 0.25) is 0 Å². The van der Waals surface area contributed by atoms with Gasteiger partial charge in [-0.25, -0.2) is 0 Å². The zero-order valence-corrected chi connectivity index (χ0v) is 14.9. The van der Waals surface area contributed by atoms with Gasteiger partial charge in [-0.15, -0.1) is 0 Å². The van der Waals surface area contributed by atoms with Crippen molar-refractivity contribution in [2.75, 3.05) is 33.3 Å². The molecule has 0 aromatic carbocycles.